The Balaban J connectivity index is 2.10. The van der Waals surface area contributed by atoms with Crippen molar-refractivity contribution in [3.63, 3.8) is 0 Å². The molecule has 9 heteroatoms. The highest BCUT2D eigenvalue weighted by Crippen LogP contribution is 2.26. The van der Waals surface area contributed by atoms with Crippen molar-refractivity contribution in [1.29, 1.82) is 0 Å². The van der Waals surface area contributed by atoms with E-state index < -0.39 is 10.0 Å². The van der Waals surface area contributed by atoms with Gasteiger partial charge in [0, 0.05) is 24.4 Å². The highest BCUT2D eigenvalue weighted by Gasteiger charge is 2.22. The summed E-state index contributed by atoms with van der Waals surface area (Å²) in [5, 5.41) is 9.45. The fourth-order valence-corrected chi connectivity index (χ4v) is 3.56. The fourth-order valence-electron chi connectivity index (χ4n) is 1.55. The van der Waals surface area contributed by atoms with Gasteiger partial charge in [-0.2, -0.15) is 5.10 Å². The lowest BCUT2D eigenvalue weighted by atomic mass is 10.4. The van der Waals surface area contributed by atoms with E-state index in [2.05, 4.69) is 36.2 Å². The van der Waals surface area contributed by atoms with Gasteiger partial charge in [0.15, 0.2) is 4.67 Å². The van der Waals surface area contributed by atoms with Gasteiger partial charge in [0.25, 0.3) is 0 Å². The predicted molar refractivity (Wildman–Crippen MR) is 76.4 cm³/mol. The van der Waals surface area contributed by atoms with Crippen LogP contribution in [0.2, 0.25) is 0 Å². The van der Waals surface area contributed by atoms with Crippen molar-refractivity contribution in [2.75, 3.05) is 6.54 Å². The van der Waals surface area contributed by atoms with Crippen LogP contribution >= 0.6 is 15.9 Å². The fraction of sp³-hybridized carbons (Fsp3) is 0.364. The van der Waals surface area contributed by atoms with Crippen LogP contribution in [0.15, 0.2) is 32.4 Å². The first kappa shape index (κ1) is 15.2. The van der Waals surface area contributed by atoms with Crippen molar-refractivity contribution in [2.24, 2.45) is 0 Å². The molecule has 0 aromatic carbocycles. The number of aromatic nitrogens is 2. The topological polar surface area (TPSA) is 100 Å². The van der Waals surface area contributed by atoms with Crippen molar-refractivity contribution in [3.05, 3.63) is 34.5 Å². The van der Waals surface area contributed by atoms with Gasteiger partial charge in [-0.25, -0.2) is 13.1 Å². The van der Waals surface area contributed by atoms with Crippen molar-refractivity contribution in [3.8, 4) is 0 Å². The minimum absolute atomic E-state index is 0.0916. The van der Waals surface area contributed by atoms with Crippen LogP contribution in [0.1, 0.15) is 18.2 Å². The van der Waals surface area contributed by atoms with Crippen LogP contribution in [-0.2, 0) is 23.1 Å². The minimum Gasteiger partial charge on any atom is -0.452 e. The smallest absolute Gasteiger partial charge is 0.245 e. The van der Waals surface area contributed by atoms with Gasteiger partial charge in [0.1, 0.15) is 10.7 Å². The van der Waals surface area contributed by atoms with Gasteiger partial charge in [-0.1, -0.05) is 6.92 Å². The Kier molecular flexibility index (Phi) is 4.97. The number of hydrogen-bond acceptors (Lipinski definition) is 5. The number of halogens is 1. The number of rotatable bonds is 7. The Labute approximate surface area is 125 Å². The highest BCUT2D eigenvalue weighted by molar-refractivity contribution is 9.10. The molecule has 2 aromatic heterocycles. The van der Waals surface area contributed by atoms with E-state index in [0.717, 1.165) is 12.1 Å². The normalized spacial score (nSPS) is 11.9. The van der Waals surface area contributed by atoms with Crippen molar-refractivity contribution in [2.45, 2.75) is 24.9 Å². The Morgan fingerprint density at radius 2 is 2.25 bits per heavy atom. The lowest BCUT2D eigenvalue weighted by Gasteiger charge is -2.02. The van der Waals surface area contributed by atoms with Gasteiger partial charge >= 0.3 is 0 Å². The summed E-state index contributed by atoms with van der Waals surface area (Å²) in [5.74, 6) is 0.558. The molecular weight excluding hydrogens is 348 g/mol. The van der Waals surface area contributed by atoms with Crippen LogP contribution in [0.4, 0.5) is 0 Å². The molecule has 2 aromatic rings. The van der Waals surface area contributed by atoms with Crippen LogP contribution in [0.5, 0.6) is 0 Å². The van der Waals surface area contributed by atoms with E-state index in [-0.39, 0.29) is 16.1 Å². The Bertz CT molecular complexity index is 651. The van der Waals surface area contributed by atoms with E-state index >= 15 is 0 Å². The molecule has 0 atom stereocenters. The number of hydrogen-bond donors (Lipinski definition) is 3. The maximum Gasteiger partial charge on any atom is 0.245 e. The number of aromatic amines is 1. The molecule has 0 aliphatic carbocycles. The van der Waals surface area contributed by atoms with E-state index in [1.54, 1.807) is 12.4 Å². The molecule has 0 aliphatic heterocycles. The monoisotopic (exact) mass is 362 g/mol. The largest absolute Gasteiger partial charge is 0.452 e. The second-order valence-corrected chi connectivity index (χ2v) is 6.52. The molecule has 3 N–H and O–H groups in total. The molecule has 0 amide bonds. The standard InChI is InChI=1S/C11H15BrN4O3S/c1-2-13-7-9-3-10(11(12)19-9)20(17,18)16-6-8-4-14-15-5-8/h3-5,13,16H,2,6-7H2,1H3,(H,14,15). The van der Waals surface area contributed by atoms with Crippen LogP contribution in [0, 0.1) is 0 Å². The first-order chi connectivity index (χ1) is 9.53. The van der Waals surface area contributed by atoms with Crippen LogP contribution in [-0.4, -0.2) is 25.2 Å². The third kappa shape index (κ3) is 3.69. The molecule has 0 aliphatic rings. The second-order valence-electron chi connectivity index (χ2n) is 4.06. The zero-order valence-electron chi connectivity index (χ0n) is 10.8. The maximum absolute atomic E-state index is 12.2. The van der Waals surface area contributed by atoms with Gasteiger partial charge in [-0.05, 0) is 22.5 Å². The number of nitrogens with one attached hydrogen (secondary N) is 3. The molecule has 0 spiro atoms. The van der Waals surface area contributed by atoms with Gasteiger partial charge in [0.05, 0.1) is 12.7 Å². The summed E-state index contributed by atoms with van der Waals surface area (Å²) < 4.78 is 32.4. The van der Waals surface area contributed by atoms with Gasteiger partial charge in [-0.15, -0.1) is 0 Å². The Morgan fingerprint density at radius 1 is 1.45 bits per heavy atom. The van der Waals surface area contributed by atoms with E-state index in [9.17, 15) is 8.42 Å². The van der Waals surface area contributed by atoms with E-state index in [0.29, 0.717) is 12.3 Å². The summed E-state index contributed by atoms with van der Waals surface area (Å²) in [4.78, 5) is 0.0916. The van der Waals surface area contributed by atoms with E-state index in [1.165, 1.54) is 6.07 Å². The van der Waals surface area contributed by atoms with Crippen LogP contribution < -0.4 is 10.0 Å². The van der Waals surface area contributed by atoms with Crippen LogP contribution in [0.3, 0.4) is 0 Å². The molecular formula is C11H15BrN4O3S. The summed E-state index contributed by atoms with van der Waals surface area (Å²) in [5.41, 5.74) is 0.751. The summed E-state index contributed by atoms with van der Waals surface area (Å²) in [7, 11) is -3.63. The zero-order valence-corrected chi connectivity index (χ0v) is 13.2. The molecule has 2 rings (SSSR count). The maximum atomic E-state index is 12.2. The lowest BCUT2D eigenvalue weighted by Crippen LogP contribution is -2.23. The lowest BCUT2D eigenvalue weighted by molar-refractivity contribution is 0.464. The molecule has 110 valence electrons. The third-order valence-corrected chi connectivity index (χ3v) is 4.82. The van der Waals surface area contributed by atoms with Crippen molar-refractivity contribution >= 4 is 26.0 Å². The molecule has 2 heterocycles. The minimum atomic E-state index is -3.63. The molecule has 0 fully saturated rings. The quantitative estimate of drug-likeness (QED) is 0.690. The average molecular weight is 363 g/mol. The van der Waals surface area contributed by atoms with E-state index in [1.807, 2.05) is 6.92 Å². The van der Waals surface area contributed by atoms with Crippen LogP contribution in [0.25, 0.3) is 0 Å². The summed E-state index contributed by atoms with van der Waals surface area (Å²) in [6.07, 6.45) is 3.19. The van der Waals surface area contributed by atoms with Gasteiger partial charge in [-0.3, -0.25) is 5.10 Å². The molecule has 0 unspecified atom stereocenters. The van der Waals surface area contributed by atoms with E-state index in [4.69, 9.17) is 4.42 Å². The molecule has 7 nitrogen and oxygen atoms in total. The summed E-state index contributed by atoms with van der Waals surface area (Å²) in [6, 6.07) is 1.50. The Hall–Kier alpha value is -1.16. The second kappa shape index (κ2) is 6.53. The van der Waals surface area contributed by atoms with Crippen molar-refractivity contribution < 1.29 is 12.8 Å². The van der Waals surface area contributed by atoms with Gasteiger partial charge in [0.2, 0.25) is 10.0 Å². The number of furan rings is 1. The SMILES string of the molecule is CCNCc1cc(S(=O)(=O)NCc2cn[nH]c2)c(Br)o1. The summed E-state index contributed by atoms with van der Waals surface area (Å²) in [6.45, 7) is 3.38. The molecule has 0 saturated heterocycles. The molecule has 0 saturated carbocycles. The zero-order chi connectivity index (χ0) is 14.6. The number of sulfonamides is 1. The van der Waals surface area contributed by atoms with Crippen molar-refractivity contribution in [1.82, 2.24) is 20.2 Å². The molecule has 0 radical (unpaired) electrons. The predicted octanol–water partition coefficient (Wildman–Crippen LogP) is 1.35. The Morgan fingerprint density at radius 3 is 2.90 bits per heavy atom. The number of H-pyrrole nitrogens is 1. The highest BCUT2D eigenvalue weighted by atomic mass is 79.9. The van der Waals surface area contributed by atoms with Gasteiger partial charge < -0.3 is 9.73 Å². The molecule has 0 bridgehead atoms. The third-order valence-electron chi connectivity index (χ3n) is 2.57. The number of nitrogens with zero attached hydrogens (tertiary/aromatic N) is 1. The average Bonchev–Trinajstić information content (AvgIpc) is 3.03. The first-order valence-electron chi connectivity index (χ1n) is 5.99. The first-order valence-corrected chi connectivity index (χ1v) is 8.27. The summed E-state index contributed by atoms with van der Waals surface area (Å²) >= 11 is 3.13. The molecule has 20 heavy (non-hydrogen) atoms.